The third kappa shape index (κ3) is 1.96. The van der Waals surface area contributed by atoms with E-state index in [9.17, 15) is 13.2 Å². The zero-order chi connectivity index (χ0) is 10.8. The van der Waals surface area contributed by atoms with Crippen molar-refractivity contribution in [3.05, 3.63) is 0 Å². The lowest BCUT2D eigenvalue weighted by Gasteiger charge is -2.32. The van der Waals surface area contributed by atoms with Gasteiger partial charge in [0.15, 0.2) is 4.21 Å². The first kappa shape index (κ1) is 12.0. The first-order valence-electron chi connectivity index (χ1n) is 4.11. The molecule has 14 heavy (non-hydrogen) atoms. The Morgan fingerprint density at radius 2 is 2.07 bits per heavy atom. The van der Waals surface area contributed by atoms with E-state index in [-0.39, 0.29) is 6.42 Å². The molecule has 2 atom stereocenters. The van der Waals surface area contributed by atoms with Crippen LogP contribution < -0.4 is 0 Å². The molecule has 7 heteroatoms. The van der Waals surface area contributed by atoms with E-state index in [2.05, 4.69) is 4.40 Å². The van der Waals surface area contributed by atoms with Crippen molar-refractivity contribution in [2.24, 2.45) is 4.40 Å². The number of carbonyl (C=O) groups excluding carboxylic acids is 1. The van der Waals surface area contributed by atoms with Gasteiger partial charge in [0.2, 0.25) is 0 Å². The zero-order valence-electron chi connectivity index (χ0n) is 7.24. The minimum Gasteiger partial charge on any atom is -0.210 e. The molecule has 0 aromatic carbocycles. The number of alkyl halides is 2. The fourth-order valence-corrected chi connectivity index (χ4v) is 3.52. The molecule has 1 aliphatic carbocycles. The predicted octanol–water partition coefficient (Wildman–Crippen LogP) is 1.77. The molecule has 0 bridgehead atoms. The highest BCUT2D eigenvalue weighted by Gasteiger charge is 2.49. The summed E-state index contributed by atoms with van der Waals surface area (Å²) < 4.78 is 24.1. The maximum Gasteiger partial charge on any atom is 0.284 e. The van der Waals surface area contributed by atoms with E-state index in [0.29, 0.717) is 12.8 Å². The van der Waals surface area contributed by atoms with Gasteiger partial charge in [-0.25, -0.2) is 13.2 Å². The molecule has 0 aromatic heterocycles. The van der Waals surface area contributed by atoms with E-state index in [1.165, 1.54) is 0 Å². The Hall–Kier alpha value is -0.0900. The van der Waals surface area contributed by atoms with E-state index in [4.69, 9.17) is 23.2 Å². The van der Waals surface area contributed by atoms with Crippen LogP contribution in [0.4, 0.5) is 0 Å². The van der Waals surface area contributed by atoms with Crippen molar-refractivity contribution < 1.29 is 13.2 Å². The largest absolute Gasteiger partial charge is 0.284 e. The van der Waals surface area contributed by atoms with E-state index in [0.717, 1.165) is 12.5 Å². The molecule has 0 radical (unpaired) electrons. The van der Waals surface area contributed by atoms with E-state index < -0.39 is 19.6 Å². The van der Waals surface area contributed by atoms with Gasteiger partial charge < -0.3 is 0 Å². The SMILES string of the molecule is O=C=NS(=O)(=O)C1(Cl)CCCCC1Cl. The van der Waals surface area contributed by atoms with Gasteiger partial charge in [0.25, 0.3) is 16.1 Å². The number of hydrogen-bond donors (Lipinski definition) is 0. The van der Waals surface area contributed by atoms with Crippen LogP contribution in [-0.4, -0.2) is 24.1 Å². The van der Waals surface area contributed by atoms with Gasteiger partial charge in [0.1, 0.15) is 0 Å². The molecule has 1 fully saturated rings. The van der Waals surface area contributed by atoms with Crippen molar-refractivity contribution in [3.8, 4) is 0 Å². The second kappa shape index (κ2) is 4.19. The molecular formula is C7H9Cl2NO3S. The molecule has 0 heterocycles. The molecule has 1 saturated carbocycles. The van der Waals surface area contributed by atoms with Crippen LogP contribution in [0.15, 0.2) is 4.40 Å². The molecular weight excluding hydrogens is 249 g/mol. The van der Waals surface area contributed by atoms with Crippen LogP contribution in [0.1, 0.15) is 25.7 Å². The molecule has 1 aliphatic rings. The molecule has 4 nitrogen and oxygen atoms in total. The van der Waals surface area contributed by atoms with Crippen LogP contribution in [0.5, 0.6) is 0 Å². The van der Waals surface area contributed by atoms with Gasteiger partial charge in [-0.2, -0.15) is 0 Å². The summed E-state index contributed by atoms with van der Waals surface area (Å²) in [5.74, 6) is 0. The molecule has 2 unspecified atom stereocenters. The van der Waals surface area contributed by atoms with Crippen molar-refractivity contribution in [2.45, 2.75) is 35.3 Å². The molecule has 0 saturated heterocycles. The summed E-state index contributed by atoms with van der Waals surface area (Å²) in [7, 11) is -4.05. The summed E-state index contributed by atoms with van der Waals surface area (Å²) in [5, 5.41) is -0.708. The second-order valence-corrected chi connectivity index (χ2v) is 6.44. The molecule has 0 aromatic rings. The highest BCUT2D eigenvalue weighted by atomic mass is 35.5. The fraction of sp³-hybridized carbons (Fsp3) is 0.857. The van der Waals surface area contributed by atoms with Gasteiger partial charge in [-0.3, -0.25) is 0 Å². The van der Waals surface area contributed by atoms with Crippen molar-refractivity contribution in [1.82, 2.24) is 0 Å². The summed E-state index contributed by atoms with van der Waals surface area (Å²) in [4.78, 5) is 9.94. The number of isocyanates is 1. The lowest BCUT2D eigenvalue weighted by atomic mass is 9.99. The predicted molar refractivity (Wildman–Crippen MR) is 53.7 cm³/mol. The third-order valence-corrected chi connectivity index (χ3v) is 5.81. The van der Waals surface area contributed by atoms with Gasteiger partial charge in [-0.15, -0.1) is 11.6 Å². The maximum absolute atomic E-state index is 11.5. The molecule has 0 aliphatic heterocycles. The van der Waals surface area contributed by atoms with Gasteiger partial charge in [0.05, 0.1) is 5.38 Å². The second-order valence-electron chi connectivity index (χ2n) is 3.16. The normalized spacial score (nSPS) is 33.4. The first-order chi connectivity index (χ1) is 6.44. The topological polar surface area (TPSA) is 63.6 Å². The third-order valence-electron chi connectivity index (χ3n) is 2.28. The van der Waals surface area contributed by atoms with Crippen molar-refractivity contribution in [3.63, 3.8) is 0 Å². The molecule has 1 rings (SSSR count). The Balaban J connectivity index is 3.09. The molecule has 0 N–H and O–H groups in total. The molecule has 0 amide bonds. The van der Waals surface area contributed by atoms with Crippen LogP contribution in [-0.2, 0) is 14.8 Å². The van der Waals surface area contributed by atoms with Crippen LogP contribution in [0, 0.1) is 0 Å². The first-order valence-corrected chi connectivity index (χ1v) is 6.36. The number of halogens is 2. The average molecular weight is 258 g/mol. The van der Waals surface area contributed by atoms with Crippen molar-refractivity contribution >= 4 is 39.3 Å². The number of hydrogen-bond acceptors (Lipinski definition) is 3. The zero-order valence-corrected chi connectivity index (χ0v) is 9.57. The lowest BCUT2D eigenvalue weighted by Crippen LogP contribution is -2.42. The summed E-state index contributed by atoms with van der Waals surface area (Å²) >= 11 is 11.7. The number of nitrogens with zero attached hydrogens (tertiary/aromatic N) is 1. The van der Waals surface area contributed by atoms with Crippen LogP contribution >= 0.6 is 23.2 Å². The van der Waals surface area contributed by atoms with Gasteiger partial charge in [-0.05, 0) is 12.8 Å². The van der Waals surface area contributed by atoms with Crippen LogP contribution in [0.3, 0.4) is 0 Å². The minimum atomic E-state index is -4.05. The van der Waals surface area contributed by atoms with Gasteiger partial charge >= 0.3 is 0 Å². The Labute approximate surface area is 92.3 Å². The lowest BCUT2D eigenvalue weighted by molar-refractivity contribution is 0.460. The Bertz CT molecular complexity index is 363. The Kier molecular flexibility index (Phi) is 3.58. The Morgan fingerprint density at radius 1 is 1.43 bits per heavy atom. The smallest absolute Gasteiger partial charge is 0.210 e. The summed E-state index contributed by atoms with van der Waals surface area (Å²) in [6.07, 6.45) is 3.23. The maximum atomic E-state index is 11.5. The monoisotopic (exact) mass is 257 g/mol. The quantitative estimate of drug-likeness (QED) is 0.430. The summed E-state index contributed by atoms with van der Waals surface area (Å²) in [6, 6.07) is 0. The van der Waals surface area contributed by atoms with Crippen molar-refractivity contribution in [2.75, 3.05) is 0 Å². The van der Waals surface area contributed by atoms with E-state index in [1.807, 2.05) is 0 Å². The van der Waals surface area contributed by atoms with E-state index >= 15 is 0 Å². The number of rotatable bonds is 2. The minimum absolute atomic E-state index is 0.218. The average Bonchev–Trinajstić information content (AvgIpc) is 2.10. The summed E-state index contributed by atoms with van der Waals surface area (Å²) in [5.41, 5.74) is 0. The van der Waals surface area contributed by atoms with Crippen LogP contribution in [0.25, 0.3) is 0 Å². The molecule has 0 spiro atoms. The molecule has 80 valence electrons. The number of sulfonamides is 1. The Morgan fingerprint density at radius 3 is 2.57 bits per heavy atom. The highest BCUT2D eigenvalue weighted by Crippen LogP contribution is 2.42. The fourth-order valence-electron chi connectivity index (χ4n) is 1.48. The standard InChI is InChI=1S/C7H9Cl2NO3S/c8-6-3-1-2-4-7(6,9)14(12,13)10-5-11/h6H,1-4H2. The van der Waals surface area contributed by atoms with Gasteiger partial charge in [0, 0.05) is 0 Å². The van der Waals surface area contributed by atoms with E-state index in [1.54, 1.807) is 0 Å². The van der Waals surface area contributed by atoms with Gasteiger partial charge in [-0.1, -0.05) is 28.8 Å². The summed E-state index contributed by atoms with van der Waals surface area (Å²) in [6.45, 7) is 0. The van der Waals surface area contributed by atoms with Crippen LogP contribution in [0.2, 0.25) is 0 Å². The van der Waals surface area contributed by atoms with Crippen molar-refractivity contribution in [1.29, 1.82) is 0 Å². The highest BCUT2D eigenvalue weighted by molar-refractivity contribution is 7.93.